The van der Waals surface area contributed by atoms with Crippen molar-refractivity contribution >= 4 is 5.97 Å². The summed E-state index contributed by atoms with van der Waals surface area (Å²) in [7, 11) is 2.19. The molecule has 2 heterocycles. The first-order valence-corrected chi connectivity index (χ1v) is 6.17. The van der Waals surface area contributed by atoms with E-state index in [0.29, 0.717) is 17.7 Å². The van der Waals surface area contributed by atoms with E-state index in [4.69, 9.17) is 4.74 Å². The van der Waals surface area contributed by atoms with Crippen LogP contribution in [0.15, 0.2) is 11.6 Å². The van der Waals surface area contributed by atoms with Crippen molar-refractivity contribution in [2.24, 2.45) is 0 Å². The summed E-state index contributed by atoms with van der Waals surface area (Å²) in [4.78, 5) is 14.1. The van der Waals surface area contributed by atoms with Gasteiger partial charge in [-0.25, -0.2) is 4.79 Å². The Kier molecular flexibility index (Phi) is 3.33. The standard InChI is InChI=1S/C13H21NO2/c1-4-9(2)13(15)16-12-7-10-5-6-11(8-12)14(10)3/h4,10-12H,5-8H2,1-3H3/t10-,11+,12?. The van der Waals surface area contributed by atoms with Gasteiger partial charge >= 0.3 is 5.97 Å². The molecular weight excluding hydrogens is 202 g/mol. The van der Waals surface area contributed by atoms with Gasteiger partial charge in [-0.1, -0.05) is 6.08 Å². The van der Waals surface area contributed by atoms with Crippen LogP contribution in [0.25, 0.3) is 0 Å². The minimum atomic E-state index is -0.142. The zero-order chi connectivity index (χ0) is 11.7. The largest absolute Gasteiger partial charge is 0.459 e. The fraction of sp³-hybridized carbons (Fsp3) is 0.769. The van der Waals surface area contributed by atoms with E-state index >= 15 is 0 Å². The first kappa shape index (κ1) is 11.6. The summed E-state index contributed by atoms with van der Waals surface area (Å²) >= 11 is 0. The number of allylic oxidation sites excluding steroid dienone is 1. The number of hydrogen-bond acceptors (Lipinski definition) is 3. The minimum Gasteiger partial charge on any atom is -0.459 e. The summed E-state index contributed by atoms with van der Waals surface area (Å²) in [6.07, 6.45) is 6.49. The molecule has 0 aliphatic carbocycles. The average Bonchev–Trinajstić information content (AvgIpc) is 2.52. The van der Waals surface area contributed by atoms with Gasteiger partial charge in [-0.15, -0.1) is 0 Å². The molecule has 2 aliphatic rings. The minimum absolute atomic E-state index is 0.135. The van der Waals surface area contributed by atoms with Gasteiger partial charge in [-0.3, -0.25) is 0 Å². The predicted molar refractivity (Wildman–Crippen MR) is 63.1 cm³/mol. The molecule has 1 unspecified atom stereocenters. The van der Waals surface area contributed by atoms with Gasteiger partial charge in [0.2, 0.25) is 0 Å². The summed E-state index contributed by atoms with van der Waals surface area (Å²) in [5.41, 5.74) is 0.714. The van der Waals surface area contributed by atoms with Gasteiger partial charge < -0.3 is 9.64 Å². The number of ether oxygens (including phenoxy) is 1. The second kappa shape index (κ2) is 4.58. The lowest BCUT2D eigenvalue weighted by atomic mass is 10.0. The topological polar surface area (TPSA) is 29.5 Å². The molecule has 0 saturated carbocycles. The van der Waals surface area contributed by atoms with Gasteiger partial charge in [0.25, 0.3) is 0 Å². The number of esters is 1. The molecule has 0 N–H and O–H groups in total. The number of carbonyl (C=O) groups is 1. The molecular formula is C13H21NO2. The van der Waals surface area contributed by atoms with E-state index in [-0.39, 0.29) is 12.1 Å². The number of hydrogen-bond donors (Lipinski definition) is 0. The molecule has 3 nitrogen and oxygen atoms in total. The Labute approximate surface area is 97.5 Å². The second-order valence-corrected chi connectivity index (χ2v) is 5.02. The Morgan fingerprint density at radius 2 is 1.88 bits per heavy atom. The smallest absolute Gasteiger partial charge is 0.333 e. The number of piperidine rings is 1. The summed E-state index contributed by atoms with van der Waals surface area (Å²) < 4.78 is 5.54. The lowest BCUT2D eigenvalue weighted by Crippen LogP contribution is -2.43. The Morgan fingerprint density at radius 1 is 1.31 bits per heavy atom. The highest BCUT2D eigenvalue weighted by molar-refractivity contribution is 5.87. The first-order chi connectivity index (χ1) is 7.61. The van der Waals surface area contributed by atoms with Crippen LogP contribution in [0.4, 0.5) is 0 Å². The maximum atomic E-state index is 11.7. The zero-order valence-electron chi connectivity index (χ0n) is 10.4. The molecule has 0 amide bonds. The fourth-order valence-corrected chi connectivity index (χ4v) is 2.82. The van der Waals surface area contributed by atoms with Crippen molar-refractivity contribution in [1.29, 1.82) is 0 Å². The van der Waals surface area contributed by atoms with E-state index in [1.807, 2.05) is 19.9 Å². The average molecular weight is 223 g/mol. The maximum Gasteiger partial charge on any atom is 0.333 e. The second-order valence-electron chi connectivity index (χ2n) is 5.02. The molecule has 0 radical (unpaired) electrons. The molecule has 2 fully saturated rings. The van der Waals surface area contributed by atoms with E-state index in [1.54, 1.807) is 0 Å². The van der Waals surface area contributed by atoms with Crippen LogP contribution in [0, 0.1) is 0 Å². The van der Waals surface area contributed by atoms with Crippen molar-refractivity contribution in [2.75, 3.05) is 7.05 Å². The normalized spacial score (nSPS) is 35.2. The molecule has 3 atom stereocenters. The monoisotopic (exact) mass is 223 g/mol. The zero-order valence-corrected chi connectivity index (χ0v) is 10.4. The Bertz CT molecular complexity index is 297. The first-order valence-electron chi connectivity index (χ1n) is 6.17. The van der Waals surface area contributed by atoms with E-state index in [0.717, 1.165) is 12.8 Å². The summed E-state index contributed by atoms with van der Waals surface area (Å²) in [6.45, 7) is 3.68. The van der Waals surface area contributed by atoms with Crippen molar-refractivity contribution in [3.63, 3.8) is 0 Å². The van der Waals surface area contributed by atoms with Crippen molar-refractivity contribution in [2.45, 2.75) is 57.7 Å². The van der Waals surface area contributed by atoms with Crippen LogP contribution in [-0.2, 0) is 9.53 Å². The highest BCUT2D eigenvalue weighted by Crippen LogP contribution is 2.35. The Hall–Kier alpha value is -0.830. The maximum absolute atomic E-state index is 11.7. The lowest BCUT2D eigenvalue weighted by Gasteiger charge is -2.35. The molecule has 2 rings (SSSR count). The number of nitrogens with zero attached hydrogens (tertiary/aromatic N) is 1. The van der Waals surface area contributed by atoms with Crippen molar-refractivity contribution < 1.29 is 9.53 Å². The van der Waals surface area contributed by atoms with Crippen LogP contribution in [0.2, 0.25) is 0 Å². The van der Waals surface area contributed by atoms with Gasteiger partial charge in [0.05, 0.1) is 0 Å². The number of fused-ring (bicyclic) bond motifs is 2. The van der Waals surface area contributed by atoms with Crippen molar-refractivity contribution in [3.05, 3.63) is 11.6 Å². The fourth-order valence-electron chi connectivity index (χ4n) is 2.82. The van der Waals surface area contributed by atoms with Gasteiger partial charge in [0, 0.05) is 30.5 Å². The highest BCUT2D eigenvalue weighted by Gasteiger charge is 2.39. The van der Waals surface area contributed by atoms with Crippen molar-refractivity contribution in [1.82, 2.24) is 4.90 Å². The van der Waals surface area contributed by atoms with Crippen LogP contribution in [0.3, 0.4) is 0 Å². The third-order valence-corrected chi connectivity index (χ3v) is 4.08. The van der Waals surface area contributed by atoms with Crippen LogP contribution >= 0.6 is 0 Å². The number of carbonyl (C=O) groups excluding carboxylic acids is 1. The van der Waals surface area contributed by atoms with Crippen LogP contribution < -0.4 is 0 Å². The molecule has 90 valence electrons. The third kappa shape index (κ3) is 2.14. The van der Waals surface area contributed by atoms with E-state index < -0.39 is 0 Å². The molecule has 2 saturated heterocycles. The van der Waals surface area contributed by atoms with Gasteiger partial charge in [-0.2, -0.15) is 0 Å². The Balaban J connectivity index is 1.92. The predicted octanol–water partition coefficient (Wildman–Crippen LogP) is 2.12. The molecule has 0 aromatic rings. The molecule has 0 spiro atoms. The molecule has 0 aromatic carbocycles. The van der Waals surface area contributed by atoms with E-state index in [1.165, 1.54) is 12.8 Å². The van der Waals surface area contributed by atoms with Crippen molar-refractivity contribution in [3.8, 4) is 0 Å². The molecule has 16 heavy (non-hydrogen) atoms. The third-order valence-electron chi connectivity index (χ3n) is 4.08. The highest BCUT2D eigenvalue weighted by atomic mass is 16.5. The SMILES string of the molecule is CC=C(C)C(=O)OC1C[C@H]2CC[C@@H](C1)N2C. The lowest BCUT2D eigenvalue weighted by molar-refractivity contribution is -0.147. The summed E-state index contributed by atoms with van der Waals surface area (Å²) in [5, 5.41) is 0. The van der Waals surface area contributed by atoms with Gasteiger partial charge in [0.1, 0.15) is 6.10 Å². The molecule has 0 aromatic heterocycles. The van der Waals surface area contributed by atoms with E-state index in [2.05, 4.69) is 11.9 Å². The summed E-state index contributed by atoms with van der Waals surface area (Å²) in [5.74, 6) is -0.142. The molecule has 2 aliphatic heterocycles. The van der Waals surface area contributed by atoms with Crippen LogP contribution in [0.1, 0.15) is 39.5 Å². The molecule has 3 heteroatoms. The quantitative estimate of drug-likeness (QED) is 0.530. The van der Waals surface area contributed by atoms with Crippen LogP contribution in [0.5, 0.6) is 0 Å². The van der Waals surface area contributed by atoms with Crippen LogP contribution in [-0.4, -0.2) is 36.1 Å². The van der Waals surface area contributed by atoms with Gasteiger partial charge in [-0.05, 0) is 33.7 Å². The Morgan fingerprint density at radius 3 is 2.38 bits per heavy atom. The van der Waals surface area contributed by atoms with Gasteiger partial charge in [0.15, 0.2) is 0 Å². The number of rotatable bonds is 2. The molecule has 2 bridgehead atoms. The summed E-state index contributed by atoms with van der Waals surface area (Å²) in [6, 6.07) is 1.25. The van der Waals surface area contributed by atoms with E-state index in [9.17, 15) is 4.79 Å².